The minimum atomic E-state index is 0.356. The van der Waals surface area contributed by atoms with Crippen molar-refractivity contribution in [1.29, 1.82) is 5.26 Å². The monoisotopic (exact) mass is 260 g/mol. The standard InChI is InChI=1S/C17H12N2O/c1-12-6-8-13(9-7-12)10-14(11-18)17-19-15-4-2-3-5-16(15)20-17/h2-10H,1H3/b14-10+. The van der Waals surface area contributed by atoms with Crippen LogP contribution in [-0.2, 0) is 0 Å². The highest BCUT2D eigenvalue weighted by molar-refractivity contribution is 5.88. The predicted molar refractivity (Wildman–Crippen MR) is 78.7 cm³/mol. The van der Waals surface area contributed by atoms with E-state index in [1.165, 1.54) is 5.56 Å². The van der Waals surface area contributed by atoms with Gasteiger partial charge in [0, 0.05) is 0 Å². The molecule has 20 heavy (non-hydrogen) atoms. The first-order chi connectivity index (χ1) is 9.76. The Balaban J connectivity index is 2.05. The number of benzene rings is 2. The Morgan fingerprint density at radius 2 is 1.90 bits per heavy atom. The van der Waals surface area contributed by atoms with Crippen molar-refractivity contribution < 1.29 is 4.42 Å². The number of allylic oxidation sites excluding steroid dienone is 1. The zero-order chi connectivity index (χ0) is 13.9. The Morgan fingerprint density at radius 1 is 1.15 bits per heavy atom. The zero-order valence-electron chi connectivity index (χ0n) is 11.0. The molecule has 0 N–H and O–H groups in total. The van der Waals surface area contributed by atoms with Gasteiger partial charge in [-0.3, -0.25) is 0 Å². The predicted octanol–water partition coefficient (Wildman–Crippen LogP) is 4.20. The van der Waals surface area contributed by atoms with E-state index in [-0.39, 0.29) is 0 Å². The molecule has 0 amide bonds. The number of nitriles is 1. The summed E-state index contributed by atoms with van der Waals surface area (Å²) in [5.41, 5.74) is 4.00. The van der Waals surface area contributed by atoms with Gasteiger partial charge in [0.1, 0.15) is 17.2 Å². The summed E-state index contributed by atoms with van der Waals surface area (Å²) in [7, 11) is 0. The van der Waals surface area contributed by atoms with Gasteiger partial charge in [-0.05, 0) is 30.7 Å². The van der Waals surface area contributed by atoms with Gasteiger partial charge in [0.2, 0.25) is 5.89 Å². The SMILES string of the molecule is Cc1ccc(/C=C(\C#N)c2nc3ccccc3o2)cc1. The fourth-order valence-electron chi connectivity index (χ4n) is 1.96. The normalized spacial score (nSPS) is 11.5. The van der Waals surface area contributed by atoms with E-state index in [1.807, 2.05) is 55.5 Å². The van der Waals surface area contributed by atoms with E-state index in [0.717, 1.165) is 11.1 Å². The van der Waals surface area contributed by atoms with Gasteiger partial charge in [0.15, 0.2) is 5.58 Å². The van der Waals surface area contributed by atoms with Crippen LogP contribution in [-0.4, -0.2) is 4.98 Å². The quantitative estimate of drug-likeness (QED) is 0.649. The number of hydrogen-bond acceptors (Lipinski definition) is 3. The van der Waals surface area contributed by atoms with E-state index in [4.69, 9.17) is 4.42 Å². The van der Waals surface area contributed by atoms with Crippen LogP contribution in [0.4, 0.5) is 0 Å². The maximum Gasteiger partial charge on any atom is 0.238 e. The zero-order valence-corrected chi connectivity index (χ0v) is 11.0. The summed E-state index contributed by atoms with van der Waals surface area (Å²) in [6, 6.07) is 17.6. The van der Waals surface area contributed by atoms with E-state index in [1.54, 1.807) is 6.08 Å². The molecule has 0 spiro atoms. The first-order valence-corrected chi connectivity index (χ1v) is 6.31. The number of aromatic nitrogens is 1. The lowest BCUT2D eigenvalue weighted by atomic mass is 10.1. The number of fused-ring (bicyclic) bond motifs is 1. The van der Waals surface area contributed by atoms with Crippen LogP contribution >= 0.6 is 0 Å². The van der Waals surface area contributed by atoms with Crippen LogP contribution in [0.2, 0.25) is 0 Å². The molecule has 2 aromatic carbocycles. The highest BCUT2D eigenvalue weighted by Crippen LogP contribution is 2.22. The van der Waals surface area contributed by atoms with Gasteiger partial charge in [0.25, 0.3) is 0 Å². The van der Waals surface area contributed by atoms with Crippen molar-refractivity contribution in [1.82, 2.24) is 4.98 Å². The van der Waals surface area contributed by atoms with Crippen LogP contribution in [0.5, 0.6) is 0 Å². The molecule has 1 aromatic heterocycles. The smallest absolute Gasteiger partial charge is 0.238 e. The molecule has 0 aliphatic rings. The minimum Gasteiger partial charge on any atom is -0.435 e. The summed E-state index contributed by atoms with van der Waals surface area (Å²) in [5, 5.41) is 9.30. The van der Waals surface area contributed by atoms with E-state index < -0.39 is 0 Å². The second kappa shape index (κ2) is 5.02. The van der Waals surface area contributed by atoms with E-state index in [9.17, 15) is 5.26 Å². The summed E-state index contributed by atoms with van der Waals surface area (Å²) in [5.74, 6) is 0.356. The highest BCUT2D eigenvalue weighted by Gasteiger charge is 2.10. The lowest BCUT2D eigenvalue weighted by Gasteiger charge is -1.96. The molecule has 0 fully saturated rings. The van der Waals surface area contributed by atoms with Gasteiger partial charge >= 0.3 is 0 Å². The topological polar surface area (TPSA) is 49.8 Å². The Hall–Kier alpha value is -2.86. The van der Waals surface area contributed by atoms with Crippen molar-refractivity contribution >= 4 is 22.7 Å². The second-order valence-electron chi connectivity index (χ2n) is 4.57. The van der Waals surface area contributed by atoms with Crippen molar-refractivity contribution in [2.45, 2.75) is 6.92 Å². The summed E-state index contributed by atoms with van der Waals surface area (Å²) in [6.45, 7) is 2.03. The van der Waals surface area contributed by atoms with Crippen molar-refractivity contribution in [2.75, 3.05) is 0 Å². The van der Waals surface area contributed by atoms with Gasteiger partial charge in [-0.15, -0.1) is 0 Å². The molecule has 3 nitrogen and oxygen atoms in total. The molecule has 0 saturated heterocycles. The van der Waals surface area contributed by atoms with Crippen LogP contribution in [0.1, 0.15) is 17.0 Å². The third-order valence-electron chi connectivity index (χ3n) is 3.03. The fourth-order valence-corrected chi connectivity index (χ4v) is 1.96. The van der Waals surface area contributed by atoms with E-state index in [2.05, 4.69) is 11.1 Å². The van der Waals surface area contributed by atoms with Crippen LogP contribution in [0.15, 0.2) is 52.9 Å². The van der Waals surface area contributed by atoms with Crippen molar-refractivity contribution in [3.8, 4) is 6.07 Å². The molecule has 0 radical (unpaired) electrons. The molecule has 0 saturated carbocycles. The van der Waals surface area contributed by atoms with Gasteiger partial charge in [-0.25, -0.2) is 4.98 Å². The molecule has 0 unspecified atom stereocenters. The summed E-state index contributed by atoms with van der Waals surface area (Å²) >= 11 is 0. The molecule has 0 aliphatic carbocycles. The number of nitrogens with zero attached hydrogens (tertiary/aromatic N) is 2. The van der Waals surface area contributed by atoms with Crippen molar-refractivity contribution in [2.24, 2.45) is 0 Å². The van der Waals surface area contributed by atoms with Crippen LogP contribution in [0.25, 0.3) is 22.7 Å². The Kier molecular flexibility index (Phi) is 3.06. The number of aryl methyl sites for hydroxylation is 1. The molecular weight excluding hydrogens is 248 g/mol. The molecular formula is C17H12N2O. The molecule has 1 heterocycles. The number of para-hydroxylation sites is 2. The third-order valence-corrected chi connectivity index (χ3v) is 3.03. The van der Waals surface area contributed by atoms with Crippen LogP contribution in [0.3, 0.4) is 0 Å². The maximum absolute atomic E-state index is 9.30. The highest BCUT2D eigenvalue weighted by atomic mass is 16.3. The summed E-state index contributed by atoms with van der Waals surface area (Å²) < 4.78 is 5.62. The first kappa shape index (κ1) is 12.2. The van der Waals surface area contributed by atoms with Gasteiger partial charge in [-0.2, -0.15) is 5.26 Å². The second-order valence-corrected chi connectivity index (χ2v) is 4.57. The average Bonchev–Trinajstić information content (AvgIpc) is 2.90. The number of oxazole rings is 1. The first-order valence-electron chi connectivity index (χ1n) is 6.31. The molecule has 3 heteroatoms. The lowest BCUT2D eigenvalue weighted by Crippen LogP contribution is -1.82. The van der Waals surface area contributed by atoms with Gasteiger partial charge in [0.05, 0.1) is 0 Å². The summed E-state index contributed by atoms with van der Waals surface area (Å²) in [6.07, 6.45) is 1.78. The largest absolute Gasteiger partial charge is 0.435 e. The van der Waals surface area contributed by atoms with Crippen molar-refractivity contribution in [3.05, 3.63) is 65.5 Å². The molecule has 0 atom stereocenters. The third kappa shape index (κ3) is 2.32. The van der Waals surface area contributed by atoms with E-state index in [0.29, 0.717) is 17.0 Å². The molecule has 3 aromatic rings. The fraction of sp³-hybridized carbons (Fsp3) is 0.0588. The van der Waals surface area contributed by atoms with Crippen molar-refractivity contribution in [3.63, 3.8) is 0 Å². The summed E-state index contributed by atoms with van der Waals surface area (Å²) in [4.78, 5) is 4.34. The Labute approximate surface area is 116 Å². The lowest BCUT2D eigenvalue weighted by molar-refractivity contribution is 0.586. The Bertz CT molecular complexity index is 787. The van der Waals surface area contributed by atoms with Crippen LogP contribution < -0.4 is 0 Å². The number of rotatable bonds is 2. The average molecular weight is 260 g/mol. The molecule has 0 aliphatic heterocycles. The Morgan fingerprint density at radius 3 is 2.60 bits per heavy atom. The maximum atomic E-state index is 9.30. The molecule has 0 bridgehead atoms. The van der Waals surface area contributed by atoms with Gasteiger partial charge < -0.3 is 4.42 Å². The number of hydrogen-bond donors (Lipinski definition) is 0. The molecule has 96 valence electrons. The van der Waals surface area contributed by atoms with Gasteiger partial charge in [-0.1, -0.05) is 42.0 Å². The molecule has 3 rings (SSSR count). The van der Waals surface area contributed by atoms with Crippen LogP contribution in [0, 0.1) is 18.3 Å². The minimum absolute atomic E-state index is 0.356. The van der Waals surface area contributed by atoms with E-state index >= 15 is 0 Å².